The Hall–Kier alpha value is -1.10. The summed E-state index contributed by atoms with van der Waals surface area (Å²) in [6, 6.07) is 0. The number of carbonyl (C=O) groups is 1. The van der Waals surface area contributed by atoms with E-state index in [0.717, 1.165) is 11.5 Å². The standard InChI is InChI=1S/C5H5N2O2S/c1-6-4(8)3-2-10-7-5(3)9/h2H,1H3,(H,6,8). The Kier molecular flexibility index (Phi) is 1.86. The first-order valence-corrected chi connectivity index (χ1v) is 3.43. The van der Waals surface area contributed by atoms with Crippen LogP contribution in [0.5, 0.6) is 5.88 Å². The fourth-order valence-corrected chi connectivity index (χ4v) is 1.07. The Morgan fingerprint density at radius 1 is 1.80 bits per heavy atom. The van der Waals surface area contributed by atoms with Crippen LogP contribution in [0.15, 0.2) is 5.38 Å². The summed E-state index contributed by atoms with van der Waals surface area (Å²) < 4.78 is 3.41. The van der Waals surface area contributed by atoms with Crippen LogP contribution < -0.4 is 5.32 Å². The third-order valence-corrected chi connectivity index (χ3v) is 1.62. The van der Waals surface area contributed by atoms with Crippen LogP contribution in [0.25, 0.3) is 0 Å². The molecule has 1 aromatic rings. The number of aromatic nitrogens is 1. The number of carbonyl (C=O) groups excluding carboxylic acids is 1. The van der Waals surface area contributed by atoms with Gasteiger partial charge in [-0.2, -0.15) is 4.37 Å². The molecule has 4 nitrogen and oxygen atoms in total. The molecular weight excluding hydrogens is 152 g/mol. The maximum atomic E-state index is 10.8. The summed E-state index contributed by atoms with van der Waals surface area (Å²) in [5, 5.41) is 14.4. The van der Waals surface area contributed by atoms with E-state index in [-0.39, 0.29) is 11.5 Å². The zero-order chi connectivity index (χ0) is 7.56. The van der Waals surface area contributed by atoms with Gasteiger partial charge in [0.15, 0.2) is 0 Å². The van der Waals surface area contributed by atoms with Gasteiger partial charge >= 0.3 is 0 Å². The Morgan fingerprint density at radius 3 is 2.90 bits per heavy atom. The lowest BCUT2D eigenvalue weighted by Crippen LogP contribution is -2.16. The minimum atomic E-state index is -0.454. The van der Waals surface area contributed by atoms with Gasteiger partial charge in [-0.3, -0.25) is 9.90 Å². The number of hydrogen-bond acceptors (Lipinski definition) is 3. The maximum absolute atomic E-state index is 10.8. The molecule has 0 aliphatic rings. The second kappa shape index (κ2) is 2.66. The molecule has 0 aromatic carbocycles. The van der Waals surface area contributed by atoms with E-state index in [2.05, 4.69) is 9.69 Å². The number of hydrogen-bond donors (Lipinski definition) is 1. The second-order valence-electron chi connectivity index (χ2n) is 1.61. The van der Waals surface area contributed by atoms with E-state index in [1.54, 1.807) is 0 Å². The first kappa shape index (κ1) is 7.01. The van der Waals surface area contributed by atoms with E-state index in [1.807, 2.05) is 0 Å². The third kappa shape index (κ3) is 1.08. The molecule has 0 atom stereocenters. The molecule has 0 aliphatic heterocycles. The van der Waals surface area contributed by atoms with Gasteiger partial charge in [-0.1, -0.05) is 0 Å². The normalized spacial score (nSPS) is 9.30. The van der Waals surface area contributed by atoms with Crippen molar-refractivity contribution >= 4 is 17.4 Å². The van der Waals surface area contributed by atoms with Crippen molar-refractivity contribution in [3.63, 3.8) is 0 Å². The van der Waals surface area contributed by atoms with Crippen molar-refractivity contribution in [2.24, 2.45) is 0 Å². The fourth-order valence-electron chi connectivity index (χ4n) is 0.512. The molecule has 0 saturated carbocycles. The molecule has 0 fully saturated rings. The van der Waals surface area contributed by atoms with E-state index in [4.69, 9.17) is 0 Å². The monoisotopic (exact) mass is 157 g/mol. The fraction of sp³-hybridized carbons (Fsp3) is 0.200. The van der Waals surface area contributed by atoms with E-state index >= 15 is 0 Å². The van der Waals surface area contributed by atoms with Gasteiger partial charge in [0.05, 0.1) is 0 Å². The highest BCUT2D eigenvalue weighted by Crippen LogP contribution is 2.16. The van der Waals surface area contributed by atoms with Crippen molar-refractivity contribution in [2.75, 3.05) is 7.05 Å². The highest BCUT2D eigenvalue weighted by Gasteiger charge is 2.12. The summed E-state index contributed by atoms with van der Waals surface area (Å²) in [6.45, 7) is 0. The van der Waals surface area contributed by atoms with Crippen LogP contribution in [0.2, 0.25) is 0 Å². The van der Waals surface area contributed by atoms with Crippen LogP contribution in [0.3, 0.4) is 0 Å². The lowest BCUT2D eigenvalue weighted by Gasteiger charge is -1.91. The predicted molar refractivity (Wildman–Crippen MR) is 35.6 cm³/mol. The van der Waals surface area contributed by atoms with Gasteiger partial charge in [0, 0.05) is 12.4 Å². The minimum Gasteiger partial charge on any atom is -0.355 e. The molecule has 1 aromatic heterocycles. The highest BCUT2D eigenvalue weighted by atomic mass is 32.1. The summed E-state index contributed by atoms with van der Waals surface area (Å²) in [5.41, 5.74) is 0.118. The molecule has 0 aliphatic carbocycles. The summed E-state index contributed by atoms with van der Waals surface area (Å²) in [7, 11) is 1.47. The van der Waals surface area contributed by atoms with E-state index in [9.17, 15) is 9.90 Å². The molecular formula is C5H5N2O2S. The Balaban J connectivity index is 2.93. The van der Waals surface area contributed by atoms with E-state index in [1.165, 1.54) is 12.4 Å². The van der Waals surface area contributed by atoms with Crippen LogP contribution in [0, 0.1) is 0 Å². The minimum absolute atomic E-state index is 0.118. The zero-order valence-corrected chi connectivity index (χ0v) is 6.07. The number of nitrogens with zero attached hydrogens (tertiary/aromatic N) is 1. The first-order valence-electron chi connectivity index (χ1n) is 2.59. The lowest BCUT2D eigenvalue weighted by atomic mass is 10.3. The van der Waals surface area contributed by atoms with Crippen molar-refractivity contribution in [1.82, 2.24) is 9.69 Å². The molecule has 53 valence electrons. The smallest absolute Gasteiger partial charge is 0.293 e. The Labute approximate surface area is 61.7 Å². The van der Waals surface area contributed by atoms with Gasteiger partial charge in [0.2, 0.25) is 0 Å². The van der Waals surface area contributed by atoms with Crippen molar-refractivity contribution in [1.29, 1.82) is 0 Å². The number of amides is 1. The van der Waals surface area contributed by atoms with Crippen LogP contribution in [-0.2, 0) is 5.11 Å². The second-order valence-corrected chi connectivity index (χ2v) is 2.24. The summed E-state index contributed by atoms with van der Waals surface area (Å²) in [6.07, 6.45) is 0. The SMILES string of the molecule is CNC(=O)c1csnc1[O]. The van der Waals surface area contributed by atoms with Crippen LogP contribution in [0.1, 0.15) is 10.4 Å². The van der Waals surface area contributed by atoms with Gasteiger partial charge in [0.25, 0.3) is 11.8 Å². The molecule has 1 N–H and O–H groups in total. The quantitative estimate of drug-likeness (QED) is 0.650. The average Bonchev–Trinajstić information content (AvgIpc) is 2.34. The third-order valence-electron chi connectivity index (χ3n) is 1.01. The average molecular weight is 157 g/mol. The van der Waals surface area contributed by atoms with E-state index in [0.29, 0.717) is 0 Å². The van der Waals surface area contributed by atoms with Crippen molar-refractivity contribution in [2.45, 2.75) is 0 Å². The molecule has 0 unspecified atom stereocenters. The molecule has 0 spiro atoms. The predicted octanol–water partition coefficient (Wildman–Crippen LogP) is 0.646. The van der Waals surface area contributed by atoms with Crippen LogP contribution in [-0.4, -0.2) is 17.3 Å². The van der Waals surface area contributed by atoms with Crippen LogP contribution >= 0.6 is 11.5 Å². The van der Waals surface area contributed by atoms with Gasteiger partial charge in [-0.05, 0) is 11.5 Å². The van der Waals surface area contributed by atoms with Gasteiger partial charge < -0.3 is 5.32 Å². The van der Waals surface area contributed by atoms with Crippen molar-refractivity contribution in [3.8, 4) is 5.88 Å². The summed E-state index contributed by atoms with van der Waals surface area (Å²) in [4.78, 5) is 10.8. The molecule has 0 bridgehead atoms. The molecule has 1 amide bonds. The van der Waals surface area contributed by atoms with Gasteiger partial charge in [0.1, 0.15) is 5.56 Å². The Morgan fingerprint density at radius 2 is 2.50 bits per heavy atom. The topological polar surface area (TPSA) is 61.9 Å². The molecule has 1 radical (unpaired) electrons. The number of rotatable bonds is 1. The van der Waals surface area contributed by atoms with Gasteiger partial charge in [-0.25, -0.2) is 0 Å². The lowest BCUT2D eigenvalue weighted by molar-refractivity contribution is 0.0958. The first-order chi connectivity index (χ1) is 4.75. The molecule has 5 heteroatoms. The molecule has 10 heavy (non-hydrogen) atoms. The molecule has 0 saturated heterocycles. The van der Waals surface area contributed by atoms with Gasteiger partial charge in [-0.15, -0.1) is 0 Å². The molecule has 1 rings (SSSR count). The molecule has 1 heterocycles. The Bertz CT molecular complexity index is 246. The maximum Gasteiger partial charge on any atom is 0.293 e. The summed E-state index contributed by atoms with van der Waals surface area (Å²) in [5.74, 6) is -0.830. The van der Waals surface area contributed by atoms with Crippen molar-refractivity contribution < 1.29 is 9.90 Å². The van der Waals surface area contributed by atoms with Crippen molar-refractivity contribution in [3.05, 3.63) is 10.9 Å². The van der Waals surface area contributed by atoms with E-state index < -0.39 is 5.88 Å². The zero-order valence-electron chi connectivity index (χ0n) is 5.25. The largest absolute Gasteiger partial charge is 0.355 e. The van der Waals surface area contributed by atoms with Crippen LogP contribution in [0.4, 0.5) is 0 Å². The number of nitrogens with one attached hydrogen (secondary N) is 1. The highest BCUT2D eigenvalue weighted by molar-refractivity contribution is 7.04. The summed E-state index contributed by atoms with van der Waals surface area (Å²) >= 11 is 0.987.